The number of benzene rings is 1. The first-order valence-electron chi connectivity index (χ1n) is 3.85. The van der Waals surface area contributed by atoms with Crippen molar-refractivity contribution in [3.63, 3.8) is 0 Å². The second-order valence-electron chi connectivity index (χ2n) is 2.77. The summed E-state index contributed by atoms with van der Waals surface area (Å²) in [5, 5.41) is 8.84. The average Bonchev–Trinajstić information content (AvgIpc) is 1.99. The van der Waals surface area contributed by atoms with Gasteiger partial charge in [-0.15, -0.1) is 0 Å². The van der Waals surface area contributed by atoms with Gasteiger partial charge in [0, 0.05) is 18.2 Å². The number of ether oxygens (including phenoxy) is 1. The van der Waals surface area contributed by atoms with Crippen LogP contribution < -0.4 is 4.74 Å². The molecule has 13 heavy (non-hydrogen) atoms. The molecule has 0 radical (unpaired) electrons. The summed E-state index contributed by atoms with van der Waals surface area (Å²) in [5.74, 6) is -1.31. The molecule has 1 atom stereocenters. The molecule has 1 rings (SSSR count). The Hall–Kier alpha value is -1.16. The van der Waals surface area contributed by atoms with Crippen LogP contribution in [-0.4, -0.2) is 17.8 Å². The molecule has 0 fully saturated rings. The largest absolute Gasteiger partial charge is 0.491 e. The summed E-state index contributed by atoms with van der Waals surface area (Å²) in [6.07, 6.45) is -0.661. The number of halogens is 2. The highest BCUT2D eigenvalue weighted by molar-refractivity contribution is 5.23. The van der Waals surface area contributed by atoms with E-state index < -0.39 is 17.7 Å². The zero-order valence-corrected chi connectivity index (χ0v) is 7.13. The standard InChI is InChI=1S/C9H10F2O2/c1-6(12)5-13-9-3-7(10)2-8(11)4-9/h2-4,6,12H,5H2,1H3/t6-/m1/s1. The van der Waals surface area contributed by atoms with Crippen LogP contribution in [0.3, 0.4) is 0 Å². The van der Waals surface area contributed by atoms with Gasteiger partial charge in [0.25, 0.3) is 0 Å². The summed E-state index contributed by atoms with van der Waals surface area (Å²) in [6.45, 7) is 1.54. The maximum atomic E-state index is 12.6. The van der Waals surface area contributed by atoms with Crippen molar-refractivity contribution >= 4 is 0 Å². The summed E-state index contributed by atoms with van der Waals surface area (Å²) in [7, 11) is 0. The molecule has 0 unspecified atom stereocenters. The molecule has 72 valence electrons. The molecule has 2 nitrogen and oxygen atoms in total. The van der Waals surface area contributed by atoms with Crippen molar-refractivity contribution < 1.29 is 18.6 Å². The van der Waals surface area contributed by atoms with Crippen LogP contribution in [0.5, 0.6) is 5.75 Å². The van der Waals surface area contributed by atoms with Crippen LogP contribution in [0.1, 0.15) is 6.92 Å². The van der Waals surface area contributed by atoms with Gasteiger partial charge in [0.05, 0.1) is 6.10 Å². The number of aliphatic hydroxyl groups is 1. The molecule has 0 aliphatic rings. The summed E-state index contributed by atoms with van der Waals surface area (Å²) in [5.41, 5.74) is 0. The number of rotatable bonds is 3. The molecule has 4 heteroatoms. The molecule has 0 aliphatic heterocycles. The normalized spacial score (nSPS) is 12.6. The molecule has 0 aliphatic carbocycles. The Labute approximate surface area is 74.8 Å². The minimum atomic E-state index is -0.694. The molecule has 0 heterocycles. The molecule has 0 spiro atoms. The van der Waals surface area contributed by atoms with Gasteiger partial charge >= 0.3 is 0 Å². The van der Waals surface area contributed by atoms with Gasteiger partial charge in [0.1, 0.15) is 24.0 Å². The van der Waals surface area contributed by atoms with E-state index in [0.29, 0.717) is 0 Å². The van der Waals surface area contributed by atoms with Gasteiger partial charge in [0.2, 0.25) is 0 Å². The first-order valence-corrected chi connectivity index (χ1v) is 3.85. The molecular formula is C9H10F2O2. The number of aliphatic hydroxyl groups excluding tert-OH is 1. The summed E-state index contributed by atoms with van der Waals surface area (Å²) in [6, 6.07) is 2.88. The van der Waals surface area contributed by atoms with Crippen molar-refractivity contribution in [2.75, 3.05) is 6.61 Å². The SMILES string of the molecule is C[C@@H](O)COc1cc(F)cc(F)c1. The second-order valence-corrected chi connectivity index (χ2v) is 2.77. The fraction of sp³-hybridized carbons (Fsp3) is 0.333. The molecule has 1 N–H and O–H groups in total. The lowest BCUT2D eigenvalue weighted by Gasteiger charge is -2.07. The zero-order chi connectivity index (χ0) is 9.84. The van der Waals surface area contributed by atoms with E-state index in [1.54, 1.807) is 0 Å². The van der Waals surface area contributed by atoms with E-state index in [4.69, 9.17) is 9.84 Å². The van der Waals surface area contributed by atoms with Crippen LogP contribution in [0.2, 0.25) is 0 Å². The Balaban J connectivity index is 2.66. The minimum Gasteiger partial charge on any atom is -0.491 e. The molecule has 0 amide bonds. The minimum absolute atomic E-state index is 0.0168. The lowest BCUT2D eigenvalue weighted by molar-refractivity contribution is 0.122. The first-order chi connectivity index (χ1) is 6.08. The van der Waals surface area contributed by atoms with E-state index >= 15 is 0 Å². The summed E-state index contributed by atoms with van der Waals surface area (Å²) in [4.78, 5) is 0. The van der Waals surface area contributed by atoms with Crippen LogP contribution in [0, 0.1) is 11.6 Å². The van der Waals surface area contributed by atoms with Crippen molar-refractivity contribution in [3.05, 3.63) is 29.8 Å². The van der Waals surface area contributed by atoms with E-state index in [-0.39, 0.29) is 12.4 Å². The van der Waals surface area contributed by atoms with E-state index in [1.165, 1.54) is 6.92 Å². The van der Waals surface area contributed by atoms with Crippen molar-refractivity contribution in [2.45, 2.75) is 13.0 Å². The molecule has 0 saturated heterocycles. The van der Waals surface area contributed by atoms with Crippen molar-refractivity contribution in [1.29, 1.82) is 0 Å². The molecule has 0 bridgehead atoms. The maximum Gasteiger partial charge on any atom is 0.129 e. The maximum absolute atomic E-state index is 12.6. The van der Waals surface area contributed by atoms with Crippen LogP contribution in [-0.2, 0) is 0 Å². The van der Waals surface area contributed by atoms with E-state index in [0.717, 1.165) is 18.2 Å². The van der Waals surface area contributed by atoms with E-state index in [2.05, 4.69) is 0 Å². The number of hydrogen-bond acceptors (Lipinski definition) is 2. The van der Waals surface area contributed by atoms with Crippen LogP contribution in [0.25, 0.3) is 0 Å². The van der Waals surface area contributed by atoms with Crippen molar-refractivity contribution in [1.82, 2.24) is 0 Å². The van der Waals surface area contributed by atoms with E-state index in [1.807, 2.05) is 0 Å². The highest BCUT2D eigenvalue weighted by atomic mass is 19.1. The molecule has 0 aromatic heterocycles. The molecule has 1 aromatic rings. The van der Waals surface area contributed by atoms with Gasteiger partial charge in [-0.05, 0) is 6.92 Å². The fourth-order valence-corrected chi connectivity index (χ4v) is 0.829. The molecule has 0 saturated carbocycles. The topological polar surface area (TPSA) is 29.5 Å². The summed E-state index contributed by atoms with van der Waals surface area (Å²) < 4.78 is 30.0. The van der Waals surface area contributed by atoms with Crippen molar-refractivity contribution in [3.8, 4) is 5.75 Å². The monoisotopic (exact) mass is 188 g/mol. The lowest BCUT2D eigenvalue weighted by atomic mass is 10.3. The quantitative estimate of drug-likeness (QED) is 0.782. The zero-order valence-electron chi connectivity index (χ0n) is 7.13. The average molecular weight is 188 g/mol. The number of hydrogen-bond donors (Lipinski definition) is 1. The highest BCUT2D eigenvalue weighted by Gasteiger charge is 2.02. The Morgan fingerprint density at radius 2 is 1.85 bits per heavy atom. The van der Waals surface area contributed by atoms with Gasteiger partial charge in [-0.25, -0.2) is 8.78 Å². The molecule has 1 aromatic carbocycles. The second kappa shape index (κ2) is 4.18. The van der Waals surface area contributed by atoms with Crippen molar-refractivity contribution in [2.24, 2.45) is 0 Å². The Morgan fingerprint density at radius 1 is 1.31 bits per heavy atom. The molecular weight excluding hydrogens is 178 g/mol. The van der Waals surface area contributed by atoms with Crippen LogP contribution in [0.4, 0.5) is 8.78 Å². The third-order valence-corrected chi connectivity index (χ3v) is 1.33. The van der Waals surface area contributed by atoms with E-state index in [9.17, 15) is 8.78 Å². The third-order valence-electron chi connectivity index (χ3n) is 1.33. The van der Waals surface area contributed by atoms with Gasteiger partial charge < -0.3 is 9.84 Å². The first kappa shape index (κ1) is 9.92. The smallest absolute Gasteiger partial charge is 0.129 e. The fourth-order valence-electron chi connectivity index (χ4n) is 0.829. The lowest BCUT2D eigenvalue weighted by Crippen LogP contribution is -2.12. The highest BCUT2D eigenvalue weighted by Crippen LogP contribution is 2.15. The van der Waals surface area contributed by atoms with Crippen LogP contribution >= 0.6 is 0 Å². The Kier molecular flexibility index (Phi) is 3.19. The van der Waals surface area contributed by atoms with Gasteiger partial charge in [-0.2, -0.15) is 0 Å². The van der Waals surface area contributed by atoms with Crippen LogP contribution in [0.15, 0.2) is 18.2 Å². The predicted octanol–water partition coefficient (Wildman–Crippen LogP) is 1.72. The Bertz CT molecular complexity index is 267. The van der Waals surface area contributed by atoms with Gasteiger partial charge in [-0.3, -0.25) is 0 Å². The van der Waals surface area contributed by atoms with Gasteiger partial charge in [0.15, 0.2) is 0 Å². The predicted molar refractivity (Wildman–Crippen MR) is 43.5 cm³/mol. The van der Waals surface area contributed by atoms with Gasteiger partial charge in [-0.1, -0.05) is 0 Å². The Morgan fingerprint density at radius 3 is 2.31 bits per heavy atom. The summed E-state index contributed by atoms with van der Waals surface area (Å²) >= 11 is 0. The third kappa shape index (κ3) is 3.38.